The molecule has 0 N–H and O–H groups in total. The van der Waals surface area contributed by atoms with Crippen molar-refractivity contribution in [3.05, 3.63) is 172 Å². The van der Waals surface area contributed by atoms with Crippen molar-refractivity contribution < 1.29 is 0 Å². The number of para-hydroxylation sites is 2. The van der Waals surface area contributed by atoms with Crippen LogP contribution in [0.15, 0.2) is 133 Å². The highest BCUT2D eigenvalue weighted by molar-refractivity contribution is 5.97. The largest absolute Gasteiger partial charge is 0.310 e. The molecule has 0 amide bonds. The number of anilines is 3. The van der Waals surface area contributed by atoms with Crippen molar-refractivity contribution in [2.75, 3.05) is 4.90 Å². The summed E-state index contributed by atoms with van der Waals surface area (Å²) in [5.74, 6) is 0. The summed E-state index contributed by atoms with van der Waals surface area (Å²) >= 11 is 0. The first-order valence-electron chi connectivity index (χ1n) is 15.0. The van der Waals surface area contributed by atoms with Crippen molar-refractivity contribution in [3.63, 3.8) is 0 Å². The Morgan fingerprint density at radius 3 is 1.48 bits per heavy atom. The normalized spacial score (nSPS) is 15.8. The lowest BCUT2D eigenvalue weighted by Gasteiger charge is -2.42. The van der Waals surface area contributed by atoms with Crippen LogP contribution in [0.4, 0.5) is 17.1 Å². The Bertz CT molecular complexity index is 2000. The van der Waals surface area contributed by atoms with E-state index >= 15 is 0 Å². The molecular weight excluding hydrogens is 506 g/mol. The van der Waals surface area contributed by atoms with Crippen LogP contribution in [0.2, 0.25) is 0 Å². The van der Waals surface area contributed by atoms with Crippen LogP contribution in [0, 0.1) is 6.92 Å². The van der Waals surface area contributed by atoms with Gasteiger partial charge in [-0.3, -0.25) is 0 Å². The van der Waals surface area contributed by atoms with E-state index in [9.17, 15) is 0 Å². The fourth-order valence-electron chi connectivity index (χ4n) is 8.33. The third kappa shape index (κ3) is 2.79. The maximum absolute atomic E-state index is 2.50. The first kappa shape index (κ1) is 23.8. The van der Waals surface area contributed by atoms with Crippen molar-refractivity contribution in [1.29, 1.82) is 0 Å². The van der Waals surface area contributed by atoms with E-state index in [0.717, 1.165) is 0 Å². The molecule has 6 aromatic rings. The van der Waals surface area contributed by atoms with Crippen molar-refractivity contribution in [2.45, 2.75) is 31.6 Å². The van der Waals surface area contributed by atoms with E-state index < -0.39 is 0 Å². The quantitative estimate of drug-likeness (QED) is 0.201. The molecule has 0 saturated heterocycles. The number of nitrogens with zero attached hydrogens (tertiary/aromatic N) is 1. The molecule has 2 aliphatic carbocycles. The van der Waals surface area contributed by atoms with Crippen molar-refractivity contribution in [1.82, 2.24) is 0 Å². The molecule has 1 heteroatoms. The molecule has 0 fully saturated rings. The minimum Gasteiger partial charge on any atom is -0.310 e. The second kappa shape index (κ2) is 8.11. The molecule has 1 spiro atoms. The first-order chi connectivity index (χ1) is 20.5. The Balaban J connectivity index is 1.38. The Kier molecular flexibility index (Phi) is 4.59. The second-order valence-electron chi connectivity index (χ2n) is 12.6. The number of rotatable bonds is 1. The fraction of sp³-hybridized carbons (Fsp3) is 0.122. The Hall–Kier alpha value is -4.88. The predicted octanol–water partition coefficient (Wildman–Crippen LogP) is 10.4. The molecule has 200 valence electrons. The zero-order chi connectivity index (χ0) is 28.2. The molecule has 1 nitrogen and oxygen atoms in total. The van der Waals surface area contributed by atoms with Gasteiger partial charge in [-0.1, -0.05) is 129 Å². The van der Waals surface area contributed by atoms with E-state index in [2.05, 4.69) is 159 Å². The number of hydrogen-bond donors (Lipinski definition) is 0. The van der Waals surface area contributed by atoms with Gasteiger partial charge in [-0.25, -0.2) is 0 Å². The van der Waals surface area contributed by atoms with Gasteiger partial charge in [0.2, 0.25) is 0 Å². The molecule has 0 radical (unpaired) electrons. The molecule has 1 aliphatic heterocycles. The first-order valence-corrected chi connectivity index (χ1v) is 15.0. The van der Waals surface area contributed by atoms with Crippen molar-refractivity contribution in [3.8, 4) is 22.3 Å². The maximum Gasteiger partial charge on any atom is 0.0726 e. The van der Waals surface area contributed by atoms with Gasteiger partial charge in [0.15, 0.2) is 0 Å². The van der Waals surface area contributed by atoms with E-state index in [1.165, 1.54) is 78.3 Å². The molecule has 0 unspecified atom stereocenters. The fourth-order valence-corrected chi connectivity index (χ4v) is 8.33. The molecule has 0 atom stereocenters. The Labute approximate surface area is 247 Å². The van der Waals surface area contributed by atoms with Gasteiger partial charge in [-0.15, -0.1) is 0 Å². The zero-order valence-electron chi connectivity index (χ0n) is 24.1. The van der Waals surface area contributed by atoms with E-state index in [4.69, 9.17) is 0 Å². The monoisotopic (exact) mass is 537 g/mol. The molecule has 3 aliphatic rings. The average Bonchev–Trinajstić information content (AvgIpc) is 3.48. The highest BCUT2D eigenvalue weighted by atomic mass is 15.2. The van der Waals surface area contributed by atoms with Gasteiger partial charge < -0.3 is 4.90 Å². The smallest absolute Gasteiger partial charge is 0.0726 e. The minimum atomic E-state index is -0.353. The summed E-state index contributed by atoms with van der Waals surface area (Å²) in [7, 11) is 0. The standard InChI is InChI=1S/C41H31N/c1-26-20-22-30-31-23-21-27(42-38-18-10-8-16-34(38)40(2,3)35-17-9-11-19-39(35)42)25-37(31)41(36(30)24-26)32-14-6-4-12-28(32)29-13-5-7-15-33(29)41/h4-25H,1-3H3. The lowest BCUT2D eigenvalue weighted by Crippen LogP contribution is -2.31. The van der Waals surface area contributed by atoms with Gasteiger partial charge in [0.05, 0.1) is 16.8 Å². The average molecular weight is 538 g/mol. The van der Waals surface area contributed by atoms with E-state index in [1.807, 2.05) is 0 Å². The van der Waals surface area contributed by atoms with Crippen molar-refractivity contribution in [2.24, 2.45) is 0 Å². The van der Waals surface area contributed by atoms with E-state index in [-0.39, 0.29) is 10.8 Å². The summed E-state index contributed by atoms with van der Waals surface area (Å²) < 4.78 is 0. The SMILES string of the molecule is Cc1ccc2c(c1)C1(c3ccccc3-c3ccccc31)c1cc(N3c4ccccc4C(C)(C)c4ccccc43)ccc1-2. The third-order valence-corrected chi connectivity index (χ3v) is 10.1. The van der Waals surface area contributed by atoms with Gasteiger partial charge in [0, 0.05) is 11.1 Å². The van der Waals surface area contributed by atoms with Crippen LogP contribution in [0.5, 0.6) is 0 Å². The summed E-state index contributed by atoms with van der Waals surface area (Å²) in [6, 6.07) is 50.2. The van der Waals surface area contributed by atoms with Gasteiger partial charge in [0.1, 0.15) is 0 Å². The van der Waals surface area contributed by atoms with Crippen LogP contribution in [-0.4, -0.2) is 0 Å². The highest BCUT2D eigenvalue weighted by Gasteiger charge is 2.52. The van der Waals surface area contributed by atoms with Crippen LogP contribution in [0.1, 0.15) is 52.8 Å². The molecule has 0 bridgehead atoms. The molecule has 6 aromatic carbocycles. The second-order valence-corrected chi connectivity index (χ2v) is 12.6. The lowest BCUT2D eigenvalue weighted by atomic mass is 9.70. The van der Waals surface area contributed by atoms with E-state index in [0.29, 0.717) is 0 Å². The summed E-state index contributed by atoms with van der Waals surface area (Å²) in [6.45, 7) is 6.93. The molecule has 1 heterocycles. The lowest BCUT2D eigenvalue weighted by molar-refractivity contribution is 0.632. The summed E-state index contributed by atoms with van der Waals surface area (Å²) in [5.41, 5.74) is 18.2. The van der Waals surface area contributed by atoms with Gasteiger partial charge in [-0.05, 0) is 86.8 Å². The van der Waals surface area contributed by atoms with Crippen LogP contribution in [-0.2, 0) is 10.8 Å². The van der Waals surface area contributed by atoms with Crippen LogP contribution < -0.4 is 4.90 Å². The van der Waals surface area contributed by atoms with Crippen LogP contribution in [0.3, 0.4) is 0 Å². The third-order valence-electron chi connectivity index (χ3n) is 10.1. The zero-order valence-corrected chi connectivity index (χ0v) is 24.1. The molecule has 42 heavy (non-hydrogen) atoms. The van der Waals surface area contributed by atoms with Gasteiger partial charge in [0.25, 0.3) is 0 Å². The number of hydrogen-bond acceptors (Lipinski definition) is 1. The number of aryl methyl sites for hydroxylation is 1. The predicted molar refractivity (Wildman–Crippen MR) is 174 cm³/mol. The minimum absolute atomic E-state index is 0.0846. The molecule has 9 rings (SSSR count). The molecular formula is C41H31N. The van der Waals surface area contributed by atoms with Gasteiger partial charge in [-0.2, -0.15) is 0 Å². The maximum atomic E-state index is 2.50. The van der Waals surface area contributed by atoms with Crippen molar-refractivity contribution >= 4 is 17.1 Å². The topological polar surface area (TPSA) is 3.24 Å². The number of fused-ring (bicyclic) bond motifs is 12. The van der Waals surface area contributed by atoms with E-state index in [1.54, 1.807) is 0 Å². The highest BCUT2D eigenvalue weighted by Crippen LogP contribution is 2.63. The van der Waals surface area contributed by atoms with Gasteiger partial charge >= 0.3 is 0 Å². The number of benzene rings is 6. The molecule has 0 saturated carbocycles. The van der Waals surface area contributed by atoms with Crippen LogP contribution >= 0.6 is 0 Å². The Morgan fingerprint density at radius 2 is 0.881 bits per heavy atom. The Morgan fingerprint density at radius 1 is 0.429 bits per heavy atom. The summed E-state index contributed by atoms with van der Waals surface area (Å²) in [4.78, 5) is 2.49. The summed E-state index contributed by atoms with van der Waals surface area (Å²) in [6.07, 6.45) is 0. The molecule has 0 aromatic heterocycles. The summed E-state index contributed by atoms with van der Waals surface area (Å²) in [5, 5.41) is 0. The van der Waals surface area contributed by atoms with Crippen LogP contribution in [0.25, 0.3) is 22.3 Å².